The van der Waals surface area contributed by atoms with Crippen LogP contribution in [0, 0.1) is 22.0 Å². The quantitative estimate of drug-likeness (QED) is 0.144. The maximum Gasteiger partial charge on any atom is 0.293 e. The van der Waals surface area contributed by atoms with Crippen molar-refractivity contribution in [1.29, 1.82) is 0 Å². The van der Waals surface area contributed by atoms with Gasteiger partial charge in [0.2, 0.25) is 17.7 Å². The minimum Gasteiger partial charge on any atom is -0.274 e. The molecular formula is C33H23ClN4O5. The summed E-state index contributed by atoms with van der Waals surface area (Å²) in [6.45, 7) is 0. The molecule has 10 heteroatoms. The van der Waals surface area contributed by atoms with Crippen LogP contribution in [-0.4, -0.2) is 28.9 Å². The fourth-order valence-corrected chi connectivity index (χ4v) is 7.25. The number of para-hydroxylation sites is 2. The van der Waals surface area contributed by atoms with Gasteiger partial charge >= 0.3 is 0 Å². The molecule has 0 saturated carbocycles. The zero-order valence-electron chi connectivity index (χ0n) is 22.5. The maximum atomic E-state index is 14.4. The lowest BCUT2D eigenvalue weighted by Crippen LogP contribution is -2.54. The highest BCUT2D eigenvalue weighted by Crippen LogP contribution is 2.63. The van der Waals surface area contributed by atoms with Gasteiger partial charge in [0.25, 0.3) is 5.69 Å². The third-order valence-electron chi connectivity index (χ3n) is 8.74. The first-order valence-corrected chi connectivity index (χ1v) is 14.1. The topological polar surface area (TPSA) is 122 Å². The normalized spacial score (nSPS) is 23.2. The largest absolute Gasteiger partial charge is 0.293 e. The molecule has 3 aliphatic carbocycles. The molecule has 2 bridgehead atoms. The number of benzene rings is 4. The monoisotopic (exact) mass is 590 g/mol. The summed E-state index contributed by atoms with van der Waals surface area (Å²) in [7, 11) is 0. The number of nitrogens with zero attached hydrogens (tertiary/aromatic N) is 3. The van der Waals surface area contributed by atoms with Crippen molar-refractivity contribution in [2.75, 3.05) is 4.90 Å². The molecule has 3 amide bonds. The van der Waals surface area contributed by atoms with Gasteiger partial charge in [0.1, 0.15) is 5.69 Å². The Morgan fingerprint density at radius 2 is 1.51 bits per heavy atom. The number of rotatable bonds is 6. The molecular weight excluding hydrogens is 568 g/mol. The van der Waals surface area contributed by atoms with Gasteiger partial charge in [-0.15, -0.1) is 0 Å². The van der Waals surface area contributed by atoms with E-state index in [9.17, 15) is 24.5 Å². The Bertz CT molecular complexity index is 1820. The van der Waals surface area contributed by atoms with Gasteiger partial charge < -0.3 is 0 Å². The van der Waals surface area contributed by atoms with Crippen molar-refractivity contribution in [2.45, 2.75) is 17.8 Å². The summed E-state index contributed by atoms with van der Waals surface area (Å²) in [6.07, 6.45) is 1.62. The van der Waals surface area contributed by atoms with E-state index in [1.807, 2.05) is 48.5 Å². The van der Waals surface area contributed by atoms with Crippen LogP contribution < -0.4 is 10.3 Å². The van der Waals surface area contributed by atoms with Crippen molar-refractivity contribution in [1.82, 2.24) is 5.43 Å². The van der Waals surface area contributed by atoms with E-state index in [-0.39, 0.29) is 23.7 Å². The molecule has 43 heavy (non-hydrogen) atoms. The number of carbonyl (C=O) groups is 3. The number of hydrogen-bond acceptors (Lipinski definition) is 6. The number of amides is 3. The lowest BCUT2D eigenvalue weighted by Gasteiger charge is -2.52. The van der Waals surface area contributed by atoms with Crippen LogP contribution in [0.1, 0.15) is 33.7 Å². The molecule has 1 heterocycles. The van der Waals surface area contributed by atoms with E-state index in [0.29, 0.717) is 5.02 Å². The number of hydrazone groups is 1. The van der Waals surface area contributed by atoms with Crippen LogP contribution >= 0.6 is 11.6 Å². The van der Waals surface area contributed by atoms with Crippen LogP contribution in [0.15, 0.2) is 102 Å². The van der Waals surface area contributed by atoms with E-state index < -0.39 is 39.9 Å². The second-order valence-electron chi connectivity index (χ2n) is 10.9. The molecule has 0 unspecified atom stereocenters. The van der Waals surface area contributed by atoms with Gasteiger partial charge in [-0.3, -0.25) is 24.5 Å². The number of halogens is 1. The Morgan fingerprint density at radius 1 is 0.907 bits per heavy atom. The van der Waals surface area contributed by atoms with Crippen molar-refractivity contribution < 1.29 is 19.3 Å². The van der Waals surface area contributed by atoms with Gasteiger partial charge in [-0.25, -0.2) is 10.3 Å². The summed E-state index contributed by atoms with van der Waals surface area (Å²) in [6, 6.07) is 27.9. The van der Waals surface area contributed by atoms with Gasteiger partial charge in [-0.1, -0.05) is 84.4 Å². The van der Waals surface area contributed by atoms with E-state index in [1.165, 1.54) is 18.2 Å². The summed E-state index contributed by atoms with van der Waals surface area (Å²) in [5.41, 5.74) is 5.12. The number of hydrogen-bond donors (Lipinski definition) is 1. The Kier molecular flexibility index (Phi) is 6.21. The van der Waals surface area contributed by atoms with E-state index in [2.05, 4.69) is 10.5 Å². The minimum absolute atomic E-state index is 0.0612. The summed E-state index contributed by atoms with van der Waals surface area (Å²) in [5, 5.41) is 16.9. The second-order valence-corrected chi connectivity index (χ2v) is 11.3. The average molecular weight is 591 g/mol. The molecule has 9 nitrogen and oxygen atoms in total. The lowest BCUT2D eigenvalue weighted by molar-refractivity contribution is -0.384. The molecule has 1 N–H and O–H groups in total. The highest BCUT2D eigenvalue weighted by Gasteiger charge is 2.68. The fraction of sp³-hybridized carbons (Fsp3) is 0.152. The number of nitro benzene ring substituents is 1. The average Bonchev–Trinajstić information content (AvgIpc) is 3.29. The van der Waals surface area contributed by atoms with Gasteiger partial charge in [0, 0.05) is 23.2 Å². The van der Waals surface area contributed by atoms with Crippen LogP contribution in [0.2, 0.25) is 5.02 Å². The predicted octanol–water partition coefficient (Wildman–Crippen LogP) is 5.14. The standard InChI is InChI=1S/C33H23ClN4O5/c34-20-15-13-19(14-16-20)17-27(39)36-35-18-33-23-9-3-1-7-21(23)28(22-8-2-4-10-24(22)33)29-30(33)32(41)37(31(29)40)25-11-5-6-12-26(25)38(42)43/h1-16,18,28-30H,17H2,(H,36,39)/b35-18-/t28?,29-,30-,33?/m0/s1. The maximum absolute atomic E-state index is 14.4. The highest BCUT2D eigenvalue weighted by atomic mass is 35.5. The molecule has 4 aromatic rings. The van der Waals surface area contributed by atoms with Crippen molar-refractivity contribution >= 4 is 46.9 Å². The van der Waals surface area contributed by atoms with Crippen LogP contribution in [0.4, 0.5) is 11.4 Å². The molecule has 8 rings (SSSR count). The summed E-state index contributed by atoms with van der Waals surface area (Å²) in [4.78, 5) is 53.8. The number of anilines is 1. The molecule has 4 aliphatic rings. The smallest absolute Gasteiger partial charge is 0.274 e. The predicted molar refractivity (Wildman–Crippen MR) is 160 cm³/mol. The van der Waals surface area contributed by atoms with Crippen molar-refractivity contribution in [3.05, 3.63) is 140 Å². The van der Waals surface area contributed by atoms with E-state index in [4.69, 9.17) is 11.6 Å². The molecule has 0 spiro atoms. The molecule has 0 aromatic heterocycles. The van der Waals surface area contributed by atoms with Crippen molar-refractivity contribution in [3.8, 4) is 0 Å². The SMILES string of the molecule is O=C(Cc1ccc(Cl)cc1)N/N=C\C12c3ccccc3C(c3ccccc31)[C@@H]1C(=O)N(c3ccccc3[N+](=O)[O-])C(=O)[C@H]12. The molecule has 2 atom stereocenters. The molecule has 212 valence electrons. The molecule has 1 fully saturated rings. The fourth-order valence-electron chi connectivity index (χ4n) is 7.13. The number of carbonyl (C=O) groups excluding carboxylic acids is 3. The zero-order chi connectivity index (χ0) is 29.9. The Labute approximate surface area is 250 Å². The lowest BCUT2D eigenvalue weighted by atomic mass is 9.47. The highest BCUT2D eigenvalue weighted by molar-refractivity contribution is 6.30. The molecule has 1 aliphatic heterocycles. The van der Waals surface area contributed by atoms with Crippen molar-refractivity contribution in [2.24, 2.45) is 16.9 Å². The van der Waals surface area contributed by atoms with E-state index in [1.54, 1.807) is 36.5 Å². The number of nitrogens with one attached hydrogen (secondary N) is 1. The van der Waals surface area contributed by atoms with Gasteiger partial charge in [-0.05, 0) is 46.0 Å². The first-order chi connectivity index (χ1) is 20.8. The van der Waals surface area contributed by atoms with E-state index >= 15 is 0 Å². The third-order valence-corrected chi connectivity index (χ3v) is 8.99. The summed E-state index contributed by atoms with van der Waals surface area (Å²) < 4.78 is 0. The Morgan fingerprint density at radius 3 is 2.16 bits per heavy atom. The van der Waals surface area contributed by atoms with Gasteiger partial charge in [-0.2, -0.15) is 5.10 Å². The van der Waals surface area contributed by atoms with Gasteiger partial charge in [0.15, 0.2) is 0 Å². The van der Waals surface area contributed by atoms with Crippen LogP contribution in [0.5, 0.6) is 0 Å². The van der Waals surface area contributed by atoms with Crippen LogP contribution in [0.3, 0.4) is 0 Å². The molecule has 1 saturated heterocycles. The third kappa shape index (κ3) is 3.92. The molecule has 4 aromatic carbocycles. The number of imide groups is 1. The minimum atomic E-state index is -1.22. The number of nitro groups is 1. The summed E-state index contributed by atoms with van der Waals surface area (Å²) in [5.74, 6) is -3.61. The van der Waals surface area contributed by atoms with Crippen molar-refractivity contribution in [3.63, 3.8) is 0 Å². The van der Waals surface area contributed by atoms with E-state index in [0.717, 1.165) is 32.7 Å². The zero-order valence-corrected chi connectivity index (χ0v) is 23.3. The first-order valence-electron chi connectivity index (χ1n) is 13.7. The Balaban J connectivity index is 1.36. The first kappa shape index (κ1) is 26.7. The Hall–Kier alpha value is -5.15. The van der Waals surface area contributed by atoms with Crippen LogP contribution in [0.25, 0.3) is 0 Å². The second kappa shape index (κ2) is 9.99. The summed E-state index contributed by atoms with van der Waals surface area (Å²) >= 11 is 5.96. The molecule has 0 radical (unpaired) electrons. The van der Waals surface area contributed by atoms with Crippen LogP contribution in [-0.2, 0) is 26.2 Å². The van der Waals surface area contributed by atoms with Gasteiger partial charge in [0.05, 0.1) is 28.6 Å².